The van der Waals surface area contributed by atoms with E-state index in [2.05, 4.69) is 0 Å². The van der Waals surface area contributed by atoms with E-state index in [0.717, 1.165) is 6.07 Å². The molecule has 2 aromatic carbocycles. The fourth-order valence-corrected chi connectivity index (χ4v) is 3.13. The molecule has 0 aliphatic heterocycles. The lowest BCUT2D eigenvalue weighted by Crippen LogP contribution is -2.18. The quantitative estimate of drug-likeness (QED) is 0.523. The third kappa shape index (κ3) is 5.04. The zero-order valence-corrected chi connectivity index (χ0v) is 16.6. The van der Waals surface area contributed by atoms with Crippen LogP contribution in [-0.4, -0.2) is 13.3 Å². The summed E-state index contributed by atoms with van der Waals surface area (Å²) in [5.74, 6) is -0.853. The van der Waals surface area contributed by atoms with Gasteiger partial charge in [-0.25, -0.2) is 13.6 Å². The Bertz CT molecular complexity index is 1050. The summed E-state index contributed by atoms with van der Waals surface area (Å²) in [6, 6.07) is 5.81. The second-order valence-corrected chi connectivity index (χ2v) is 8.51. The first kappa shape index (κ1) is 22.6. The van der Waals surface area contributed by atoms with Gasteiger partial charge in [-0.05, 0) is 41.7 Å². The zero-order valence-electron chi connectivity index (χ0n) is 15.8. The van der Waals surface area contributed by atoms with Gasteiger partial charge in [-0.3, -0.25) is 10.1 Å². The molecule has 2 aromatic rings. The van der Waals surface area contributed by atoms with Crippen LogP contribution >= 0.6 is 0 Å². The summed E-state index contributed by atoms with van der Waals surface area (Å²) in [6.07, 6.45) is -4.11. The summed E-state index contributed by atoms with van der Waals surface area (Å²) in [7, 11) is -4.26. The first-order chi connectivity index (χ1) is 13.2. The van der Waals surface area contributed by atoms with E-state index in [9.17, 15) is 31.7 Å². The lowest BCUT2D eigenvalue weighted by atomic mass is 9.82. The molecule has 2 N–H and O–H groups in total. The largest absolute Gasteiger partial charge is 0.449 e. The molecule has 29 heavy (non-hydrogen) atoms. The Morgan fingerprint density at radius 3 is 2.14 bits per heavy atom. The van der Waals surface area contributed by atoms with Crippen LogP contribution in [-0.2, 0) is 21.6 Å². The van der Waals surface area contributed by atoms with Crippen LogP contribution in [0.2, 0.25) is 0 Å². The fraction of sp³-hybridized carbons (Fsp3) is 0.333. The molecule has 0 unspecified atom stereocenters. The van der Waals surface area contributed by atoms with Crippen molar-refractivity contribution in [2.24, 2.45) is 5.14 Å². The predicted octanol–water partition coefficient (Wildman–Crippen LogP) is 4.74. The molecule has 0 saturated carbocycles. The van der Waals surface area contributed by atoms with Crippen molar-refractivity contribution in [3.63, 3.8) is 0 Å². The SMILES string of the molecule is CCC(C)(C)c1ccc(S(N)(=O)=O)c(Oc2ccc(C(F)(F)F)cc2[N+](=O)[O-])c1. The number of primary sulfonamides is 1. The topological polar surface area (TPSA) is 113 Å². The molecule has 0 radical (unpaired) electrons. The van der Waals surface area contributed by atoms with Gasteiger partial charge in [0.25, 0.3) is 0 Å². The maximum Gasteiger partial charge on any atom is 0.416 e. The number of benzene rings is 2. The lowest BCUT2D eigenvalue weighted by molar-refractivity contribution is -0.385. The summed E-state index contributed by atoms with van der Waals surface area (Å²) >= 11 is 0. The van der Waals surface area contributed by atoms with Crippen LogP contribution < -0.4 is 9.88 Å². The molecule has 2 rings (SSSR count). The molecule has 0 spiro atoms. The van der Waals surface area contributed by atoms with Crippen molar-refractivity contribution < 1.29 is 31.2 Å². The number of ether oxygens (including phenoxy) is 1. The van der Waals surface area contributed by atoms with Crippen molar-refractivity contribution in [2.45, 2.75) is 43.7 Å². The molecule has 0 fully saturated rings. The third-order valence-electron chi connectivity index (χ3n) is 4.62. The van der Waals surface area contributed by atoms with E-state index in [-0.39, 0.29) is 11.2 Å². The first-order valence-electron chi connectivity index (χ1n) is 8.37. The van der Waals surface area contributed by atoms with Crippen molar-refractivity contribution in [3.05, 3.63) is 57.6 Å². The minimum Gasteiger partial charge on any atom is -0.449 e. The molecular formula is C18H19F3N2O5S. The summed E-state index contributed by atoms with van der Waals surface area (Å²) in [5.41, 5.74) is -1.91. The molecule has 11 heteroatoms. The number of rotatable bonds is 6. The highest BCUT2D eigenvalue weighted by Gasteiger charge is 2.34. The summed E-state index contributed by atoms with van der Waals surface area (Å²) in [5, 5.41) is 16.5. The highest BCUT2D eigenvalue weighted by Crippen LogP contribution is 2.40. The minimum atomic E-state index is -4.79. The average molecular weight is 432 g/mol. The zero-order chi connectivity index (χ0) is 22.2. The number of nitro benzene ring substituents is 1. The van der Waals surface area contributed by atoms with E-state index < -0.39 is 43.0 Å². The Balaban J connectivity index is 2.66. The van der Waals surface area contributed by atoms with Crippen molar-refractivity contribution in [3.8, 4) is 11.5 Å². The lowest BCUT2D eigenvalue weighted by Gasteiger charge is -2.24. The first-order valence-corrected chi connectivity index (χ1v) is 9.92. The maximum absolute atomic E-state index is 12.9. The Kier molecular flexibility index (Phi) is 5.96. The number of nitro groups is 1. The number of alkyl halides is 3. The van der Waals surface area contributed by atoms with Crippen molar-refractivity contribution in [1.82, 2.24) is 0 Å². The van der Waals surface area contributed by atoms with E-state index >= 15 is 0 Å². The average Bonchev–Trinajstić information content (AvgIpc) is 2.59. The fourth-order valence-electron chi connectivity index (χ4n) is 2.49. The molecule has 0 atom stereocenters. The number of halogens is 3. The van der Waals surface area contributed by atoms with Gasteiger partial charge in [-0.2, -0.15) is 13.2 Å². The van der Waals surface area contributed by atoms with E-state index in [1.54, 1.807) is 0 Å². The van der Waals surface area contributed by atoms with Gasteiger partial charge in [0.05, 0.1) is 10.5 Å². The van der Waals surface area contributed by atoms with Gasteiger partial charge in [0.1, 0.15) is 10.6 Å². The highest BCUT2D eigenvalue weighted by molar-refractivity contribution is 7.89. The summed E-state index contributed by atoms with van der Waals surface area (Å²) < 4.78 is 67.8. The van der Waals surface area contributed by atoms with Gasteiger partial charge >= 0.3 is 11.9 Å². The third-order valence-corrected chi connectivity index (χ3v) is 5.57. The van der Waals surface area contributed by atoms with Crippen molar-refractivity contribution in [2.75, 3.05) is 0 Å². The molecule has 0 bridgehead atoms. The smallest absolute Gasteiger partial charge is 0.416 e. The molecule has 7 nitrogen and oxygen atoms in total. The molecule has 0 saturated heterocycles. The van der Waals surface area contributed by atoms with Crippen LogP contribution in [0.15, 0.2) is 41.3 Å². The summed E-state index contributed by atoms with van der Waals surface area (Å²) in [4.78, 5) is 9.78. The van der Waals surface area contributed by atoms with Crippen LogP contribution in [0.5, 0.6) is 11.5 Å². The highest BCUT2D eigenvalue weighted by atomic mass is 32.2. The van der Waals surface area contributed by atoms with E-state index in [1.807, 2.05) is 20.8 Å². The monoisotopic (exact) mass is 432 g/mol. The normalized spacial score (nSPS) is 12.7. The van der Waals surface area contributed by atoms with Gasteiger partial charge in [0, 0.05) is 6.07 Å². The van der Waals surface area contributed by atoms with Gasteiger partial charge < -0.3 is 4.74 Å². The van der Waals surface area contributed by atoms with Crippen LogP contribution in [0.1, 0.15) is 38.3 Å². The molecule has 0 heterocycles. The van der Waals surface area contributed by atoms with Crippen molar-refractivity contribution in [1.29, 1.82) is 0 Å². The van der Waals surface area contributed by atoms with Crippen molar-refractivity contribution >= 4 is 15.7 Å². The van der Waals surface area contributed by atoms with E-state index in [0.29, 0.717) is 24.1 Å². The Labute approximate surface area is 165 Å². The standard InChI is InChI=1S/C18H19F3N2O5S/c1-4-17(2,3)11-6-8-16(29(22,26)27)15(10-11)28-14-7-5-12(18(19,20)21)9-13(14)23(24)25/h5-10H,4H2,1-3H3,(H2,22,26,27). The number of hydrogen-bond donors (Lipinski definition) is 1. The van der Waals surface area contributed by atoms with Gasteiger partial charge in [0.15, 0.2) is 0 Å². The minimum absolute atomic E-state index is 0.311. The number of sulfonamides is 1. The van der Waals surface area contributed by atoms with Crippen LogP contribution in [0.4, 0.5) is 18.9 Å². The molecular weight excluding hydrogens is 413 g/mol. The Hall–Kier alpha value is -2.66. The van der Waals surface area contributed by atoms with E-state index in [1.165, 1.54) is 18.2 Å². The second kappa shape index (κ2) is 7.64. The van der Waals surface area contributed by atoms with Crippen LogP contribution in [0.3, 0.4) is 0 Å². The molecule has 158 valence electrons. The van der Waals surface area contributed by atoms with Gasteiger partial charge in [-0.1, -0.05) is 26.8 Å². The molecule has 0 aromatic heterocycles. The molecule has 0 amide bonds. The maximum atomic E-state index is 12.9. The number of nitrogens with zero attached hydrogens (tertiary/aromatic N) is 1. The predicted molar refractivity (Wildman–Crippen MR) is 99.3 cm³/mol. The molecule has 0 aliphatic rings. The van der Waals surface area contributed by atoms with Crippen LogP contribution in [0, 0.1) is 10.1 Å². The van der Waals surface area contributed by atoms with Gasteiger partial charge in [0.2, 0.25) is 15.8 Å². The Morgan fingerprint density at radius 1 is 1.07 bits per heavy atom. The Morgan fingerprint density at radius 2 is 1.66 bits per heavy atom. The number of nitrogens with two attached hydrogens (primary N) is 1. The van der Waals surface area contributed by atoms with E-state index in [4.69, 9.17) is 9.88 Å². The summed E-state index contributed by atoms with van der Waals surface area (Å²) in [6.45, 7) is 5.70. The second-order valence-electron chi connectivity index (χ2n) is 6.98. The van der Waals surface area contributed by atoms with Crippen LogP contribution in [0.25, 0.3) is 0 Å². The van der Waals surface area contributed by atoms with Gasteiger partial charge in [-0.15, -0.1) is 0 Å². The molecule has 0 aliphatic carbocycles. The number of hydrogen-bond acceptors (Lipinski definition) is 5.